The van der Waals surface area contributed by atoms with E-state index in [0.717, 1.165) is 41.3 Å². The molecule has 22 heavy (non-hydrogen) atoms. The van der Waals surface area contributed by atoms with Crippen molar-refractivity contribution in [3.05, 3.63) is 36.9 Å². The summed E-state index contributed by atoms with van der Waals surface area (Å²) in [5, 5.41) is 5.68. The minimum absolute atomic E-state index is 0.121. The molecule has 112 valence electrons. The molecule has 1 fully saturated rings. The number of nitrogens with one attached hydrogen (secondary N) is 1. The molecular formula is C17H18N4O. The van der Waals surface area contributed by atoms with Gasteiger partial charge in [-0.3, -0.25) is 4.68 Å². The monoisotopic (exact) mass is 294 g/mol. The molecular weight excluding hydrogens is 276 g/mol. The Balaban J connectivity index is 1.78. The molecule has 4 rings (SSSR count). The molecule has 0 radical (unpaired) electrons. The largest absolute Gasteiger partial charge is 0.346 e. The Kier molecular flexibility index (Phi) is 3.06. The summed E-state index contributed by atoms with van der Waals surface area (Å²) in [5.74, 6) is 0. The summed E-state index contributed by atoms with van der Waals surface area (Å²) in [6.45, 7) is 0. The van der Waals surface area contributed by atoms with E-state index in [9.17, 15) is 4.79 Å². The van der Waals surface area contributed by atoms with Crippen LogP contribution in [-0.2, 0) is 10.3 Å². The van der Waals surface area contributed by atoms with Crippen molar-refractivity contribution in [3.8, 4) is 11.1 Å². The van der Waals surface area contributed by atoms with Crippen LogP contribution in [0.3, 0.4) is 0 Å². The van der Waals surface area contributed by atoms with E-state index in [4.69, 9.17) is 0 Å². The van der Waals surface area contributed by atoms with E-state index in [0.29, 0.717) is 6.42 Å². The quantitative estimate of drug-likeness (QED) is 0.751. The van der Waals surface area contributed by atoms with E-state index in [-0.39, 0.29) is 5.54 Å². The summed E-state index contributed by atoms with van der Waals surface area (Å²) < 4.78 is 2.02. The van der Waals surface area contributed by atoms with Crippen LogP contribution in [0.5, 0.6) is 0 Å². The van der Waals surface area contributed by atoms with Gasteiger partial charge in [-0.05, 0) is 30.5 Å². The molecule has 3 aromatic heterocycles. The van der Waals surface area contributed by atoms with Gasteiger partial charge in [0.2, 0.25) is 0 Å². The third-order valence-corrected chi connectivity index (χ3v) is 4.84. The Hall–Kier alpha value is -2.43. The van der Waals surface area contributed by atoms with Crippen LogP contribution in [0.4, 0.5) is 0 Å². The van der Waals surface area contributed by atoms with E-state index in [2.05, 4.69) is 21.3 Å². The average Bonchev–Trinajstić information content (AvgIpc) is 3.27. The topological polar surface area (TPSA) is 63.6 Å². The van der Waals surface area contributed by atoms with Crippen LogP contribution < -0.4 is 0 Å². The van der Waals surface area contributed by atoms with Crippen molar-refractivity contribution in [2.24, 2.45) is 0 Å². The summed E-state index contributed by atoms with van der Waals surface area (Å²) >= 11 is 0. The maximum atomic E-state index is 11.1. The molecule has 0 spiro atoms. The molecule has 0 saturated heterocycles. The number of aromatic amines is 1. The Labute approximate surface area is 128 Å². The van der Waals surface area contributed by atoms with Crippen molar-refractivity contribution in [1.82, 2.24) is 19.7 Å². The maximum absolute atomic E-state index is 11.1. The number of carbonyl (C=O) groups is 1. The zero-order valence-electron chi connectivity index (χ0n) is 12.3. The van der Waals surface area contributed by atoms with Gasteiger partial charge in [0.25, 0.3) is 0 Å². The minimum atomic E-state index is -0.121. The Morgan fingerprint density at radius 2 is 2.18 bits per heavy atom. The fourth-order valence-corrected chi connectivity index (χ4v) is 3.65. The number of rotatable bonds is 4. The molecule has 5 heteroatoms. The average molecular weight is 294 g/mol. The van der Waals surface area contributed by atoms with Gasteiger partial charge in [0.1, 0.15) is 11.9 Å². The van der Waals surface area contributed by atoms with Crippen LogP contribution in [0.1, 0.15) is 32.1 Å². The highest BCUT2D eigenvalue weighted by Gasteiger charge is 2.36. The van der Waals surface area contributed by atoms with Crippen LogP contribution in [0, 0.1) is 0 Å². The fourth-order valence-electron chi connectivity index (χ4n) is 3.65. The molecule has 0 atom stereocenters. The Morgan fingerprint density at radius 1 is 1.32 bits per heavy atom. The molecule has 1 aliphatic carbocycles. The van der Waals surface area contributed by atoms with E-state index in [1.165, 1.54) is 12.8 Å². The molecule has 0 unspecified atom stereocenters. The van der Waals surface area contributed by atoms with Crippen LogP contribution in [0.2, 0.25) is 0 Å². The SMILES string of the molecule is O=CCC1(n2cc(-c3ccnc4[nH]ccc34)cn2)CCCC1. The van der Waals surface area contributed by atoms with Gasteiger partial charge in [-0.25, -0.2) is 4.98 Å². The van der Waals surface area contributed by atoms with Crippen molar-refractivity contribution >= 4 is 17.3 Å². The number of aldehydes is 1. The lowest BCUT2D eigenvalue weighted by atomic mass is 9.94. The van der Waals surface area contributed by atoms with Gasteiger partial charge in [-0.2, -0.15) is 5.10 Å². The number of pyridine rings is 1. The smallest absolute Gasteiger partial charge is 0.137 e. The number of carbonyl (C=O) groups excluding carboxylic acids is 1. The van der Waals surface area contributed by atoms with Crippen molar-refractivity contribution < 1.29 is 4.79 Å². The summed E-state index contributed by atoms with van der Waals surface area (Å²) in [6, 6.07) is 4.05. The zero-order valence-corrected chi connectivity index (χ0v) is 12.3. The second-order valence-electron chi connectivity index (χ2n) is 6.07. The molecule has 0 bridgehead atoms. The lowest BCUT2D eigenvalue weighted by molar-refractivity contribution is -0.109. The van der Waals surface area contributed by atoms with Gasteiger partial charge >= 0.3 is 0 Å². The van der Waals surface area contributed by atoms with Crippen LogP contribution in [0.25, 0.3) is 22.2 Å². The lowest BCUT2D eigenvalue weighted by Gasteiger charge is -2.27. The molecule has 1 N–H and O–H groups in total. The highest BCUT2D eigenvalue weighted by atomic mass is 16.1. The minimum Gasteiger partial charge on any atom is -0.346 e. The summed E-state index contributed by atoms with van der Waals surface area (Å²) in [4.78, 5) is 18.6. The van der Waals surface area contributed by atoms with Crippen LogP contribution in [0.15, 0.2) is 36.9 Å². The molecule has 0 aliphatic heterocycles. The van der Waals surface area contributed by atoms with E-state index in [1.54, 1.807) is 0 Å². The normalized spacial score (nSPS) is 17.1. The van der Waals surface area contributed by atoms with Gasteiger partial charge in [0.05, 0.1) is 11.7 Å². The first-order chi connectivity index (χ1) is 10.8. The second kappa shape index (κ2) is 5.09. The van der Waals surface area contributed by atoms with Crippen LogP contribution >= 0.6 is 0 Å². The highest BCUT2D eigenvalue weighted by Crippen LogP contribution is 2.39. The summed E-state index contributed by atoms with van der Waals surface area (Å²) in [6.07, 6.45) is 13.7. The fraction of sp³-hybridized carbons (Fsp3) is 0.353. The molecule has 5 nitrogen and oxygen atoms in total. The van der Waals surface area contributed by atoms with Gasteiger partial charge in [0.15, 0.2) is 0 Å². The first-order valence-corrected chi connectivity index (χ1v) is 7.74. The number of hydrogen-bond donors (Lipinski definition) is 1. The number of fused-ring (bicyclic) bond motifs is 1. The highest BCUT2D eigenvalue weighted by molar-refractivity contribution is 5.92. The molecule has 3 heterocycles. The van der Waals surface area contributed by atoms with Gasteiger partial charge < -0.3 is 9.78 Å². The van der Waals surface area contributed by atoms with E-state index >= 15 is 0 Å². The van der Waals surface area contributed by atoms with Gasteiger partial charge in [-0.1, -0.05) is 12.8 Å². The summed E-state index contributed by atoms with van der Waals surface area (Å²) in [5.41, 5.74) is 2.96. The third kappa shape index (κ3) is 1.96. The standard InChI is InChI=1S/C17H18N4O/c22-10-7-17(5-1-2-6-17)21-12-13(11-20-21)14-3-8-18-16-15(14)4-9-19-16/h3-4,8-12H,1-2,5-7H2,(H,18,19). The predicted octanol–water partition coefficient (Wildman–Crippen LogP) is 3.28. The van der Waals surface area contributed by atoms with Crippen molar-refractivity contribution in [3.63, 3.8) is 0 Å². The maximum Gasteiger partial charge on any atom is 0.137 e. The number of H-pyrrole nitrogens is 1. The molecule has 0 aromatic carbocycles. The first-order valence-electron chi connectivity index (χ1n) is 7.74. The number of nitrogens with zero attached hydrogens (tertiary/aromatic N) is 3. The van der Waals surface area contributed by atoms with Crippen LogP contribution in [-0.4, -0.2) is 26.0 Å². The first kappa shape index (κ1) is 13.2. The number of aromatic nitrogens is 4. The van der Waals surface area contributed by atoms with Crippen molar-refractivity contribution in [2.75, 3.05) is 0 Å². The van der Waals surface area contributed by atoms with Crippen molar-refractivity contribution in [1.29, 1.82) is 0 Å². The second-order valence-corrected chi connectivity index (χ2v) is 6.07. The van der Waals surface area contributed by atoms with E-state index < -0.39 is 0 Å². The Morgan fingerprint density at radius 3 is 3.00 bits per heavy atom. The summed E-state index contributed by atoms with van der Waals surface area (Å²) in [7, 11) is 0. The van der Waals surface area contributed by atoms with Gasteiger partial charge in [-0.15, -0.1) is 0 Å². The molecule has 3 aromatic rings. The third-order valence-electron chi connectivity index (χ3n) is 4.84. The van der Waals surface area contributed by atoms with Crippen molar-refractivity contribution in [2.45, 2.75) is 37.6 Å². The predicted molar refractivity (Wildman–Crippen MR) is 84.4 cm³/mol. The Bertz CT molecular complexity index is 811. The van der Waals surface area contributed by atoms with E-state index in [1.807, 2.05) is 35.4 Å². The van der Waals surface area contributed by atoms with Gasteiger partial charge in [0, 0.05) is 36.0 Å². The zero-order chi connectivity index (χ0) is 15.0. The molecule has 1 aliphatic rings. The lowest BCUT2D eigenvalue weighted by Crippen LogP contribution is -2.31. The number of hydrogen-bond acceptors (Lipinski definition) is 3. The molecule has 1 saturated carbocycles. The molecule has 0 amide bonds.